The monoisotopic (exact) mass is 178 g/mol. The summed E-state index contributed by atoms with van der Waals surface area (Å²) in [5.41, 5.74) is 0. The number of alkyl halides is 1. The van der Waals surface area contributed by atoms with Gasteiger partial charge in [0.1, 0.15) is 6.10 Å². The molecule has 1 fully saturated rings. The molecule has 2 atom stereocenters. The Morgan fingerprint density at radius 3 is 2.91 bits per heavy atom. The van der Waals surface area contributed by atoms with Crippen LogP contribution in [0.5, 0.6) is 0 Å². The van der Waals surface area contributed by atoms with Gasteiger partial charge in [-0.3, -0.25) is 0 Å². The molecule has 4 heteroatoms. The van der Waals surface area contributed by atoms with Gasteiger partial charge in [-0.15, -0.1) is 0 Å². The second-order valence-corrected chi connectivity index (χ2v) is 3.09. The van der Waals surface area contributed by atoms with Gasteiger partial charge < -0.3 is 9.47 Å². The maximum atomic E-state index is 10.9. The van der Waals surface area contributed by atoms with E-state index < -0.39 is 11.0 Å². The van der Waals surface area contributed by atoms with Crippen LogP contribution >= 0.6 is 11.6 Å². The van der Waals surface area contributed by atoms with Crippen molar-refractivity contribution in [2.45, 2.75) is 30.9 Å². The molecule has 1 aliphatic rings. The molecule has 0 N–H and O–H groups in total. The molecule has 64 valence electrons. The van der Waals surface area contributed by atoms with E-state index in [0.717, 1.165) is 12.8 Å². The zero-order valence-electron chi connectivity index (χ0n) is 6.59. The van der Waals surface area contributed by atoms with Crippen molar-refractivity contribution in [1.29, 1.82) is 0 Å². The maximum absolute atomic E-state index is 10.9. The van der Waals surface area contributed by atoms with Gasteiger partial charge in [0.2, 0.25) is 0 Å². The van der Waals surface area contributed by atoms with Gasteiger partial charge in [0, 0.05) is 0 Å². The second kappa shape index (κ2) is 2.99. The van der Waals surface area contributed by atoms with Crippen molar-refractivity contribution >= 4 is 17.6 Å². The number of methoxy groups -OCH3 is 1. The third kappa shape index (κ3) is 1.49. The average molecular weight is 179 g/mol. The summed E-state index contributed by atoms with van der Waals surface area (Å²) < 4.78 is 9.45. The predicted octanol–water partition coefficient (Wildman–Crippen LogP) is 1.29. The molecule has 1 saturated heterocycles. The molecule has 0 spiro atoms. The van der Waals surface area contributed by atoms with Crippen molar-refractivity contribution < 1.29 is 14.3 Å². The van der Waals surface area contributed by atoms with Crippen LogP contribution in [-0.2, 0) is 14.3 Å². The fraction of sp³-hybridized carbons (Fsp3) is 0.857. The first kappa shape index (κ1) is 8.81. The van der Waals surface area contributed by atoms with Crippen LogP contribution in [0.1, 0.15) is 19.8 Å². The largest absolute Gasteiger partial charge is 0.466 e. The molecule has 0 bridgehead atoms. The van der Waals surface area contributed by atoms with Gasteiger partial charge in [-0.1, -0.05) is 24.9 Å². The third-order valence-corrected chi connectivity index (χ3v) is 2.17. The Morgan fingerprint density at radius 1 is 1.82 bits per heavy atom. The number of hydrogen-bond donors (Lipinski definition) is 0. The number of carbonyl (C=O) groups is 1. The quantitative estimate of drug-likeness (QED) is 0.372. The lowest BCUT2D eigenvalue weighted by molar-refractivity contribution is -0.143. The summed E-state index contributed by atoms with van der Waals surface area (Å²) in [6.45, 7) is 2.01. The van der Waals surface area contributed by atoms with Crippen LogP contribution in [0.2, 0.25) is 0 Å². The summed E-state index contributed by atoms with van der Waals surface area (Å²) >= 11 is 5.74. The zero-order chi connectivity index (χ0) is 8.48. The number of ether oxygens (including phenoxy) is 2. The Bertz CT molecular complexity index is 171. The first-order valence-electron chi connectivity index (χ1n) is 3.60. The Kier molecular flexibility index (Phi) is 2.40. The molecule has 0 saturated carbocycles. The summed E-state index contributed by atoms with van der Waals surface area (Å²) in [5, 5.41) is -1.16. The van der Waals surface area contributed by atoms with E-state index in [1.165, 1.54) is 7.11 Å². The Morgan fingerprint density at radius 2 is 2.45 bits per heavy atom. The highest BCUT2D eigenvalue weighted by molar-refractivity contribution is 6.35. The lowest BCUT2D eigenvalue weighted by atomic mass is 10.2. The molecular formula is C7H11ClO3. The molecule has 1 aliphatic heterocycles. The first-order chi connectivity index (χ1) is 5.15. The van der Waals surface area contributed by atoms with Crippen LogP contribution in [0.15, 0.2) is 0 Å². The molecule has 3 nitrogen and oxygen atoms in total. The van der Waals surface area contributed by atoms with Gasteiger partial charge in [0.05, 0.1) is 7.11 Å². The van der Waals surface area contributed by atoms with Crippen molar-refractivity contribution in [2.24, 2.45) is 0 Å². The SMILES string of the molecule is CCC[C@H]1O[C@@]1(Cl)C(=O)OC. The van der Waals surface area contributed by atoms with E-state index in [1.807, 2.05) is 6.92 Å². The van der Waals surface area contributed by atoms with Gasteiger partial charge in [-0.2, -0.15) is 0 Å². The maximum Gasteiger partial charge on any atom is 0.356 e. The van der Waals surface area contributed by atoms with Crippen molar-refractivity contribution in [1.82, 2.24) is 0 Å². The number of hydrogen-bond acceptors (Lipinski definition) is 3. The highest BCUT2D eigenvalue weighted by Gasteiger charge is 2.62. The standard InChI is InChI=1S/C7H11ClO3/c1-3-4-5-7(8,11-5)6(9)10-2/h5H,3-4H2,1-2H3/t5-,7-/m1/s1. The number of rotatable bonds is 3. The molecule has 0 unspecified atom stereocenters. The minimum Gasteiger partial charge on any atom is -0.466 e. The van der Waals surface area contributed by atoms with E-state index in [0.29, 0.717) is 0 Å². The van der Waals surface area contributed by atoms with Gasteiger partial charge in [0.25, 0.3) is 5.06 Å². The van der Waals surface area contributed by atoms with E-state index in [9.17, 15) is 4.79 Å². The summed E-state index contributed by atoms with van der Waals surface area (Å²) in [6.07, 6.45) is 1.61. The summed E-state index contributed by atoms with van der Waals surface area (Å²) in [6, 6.07) is 0. The first-order valence-corrected chi connectivity index (χ1v) is 3.98. The fourth-order valence-electron chi connectivity index (χ4n) is 0.999. The normalized spacial score (nSPS) is 35.0. The predicted molar refractivity (Wildman–Crippen MR) is 40.4 cm³/mol. The molecule has 11 heavy (non-hydrogen) atoms. The molecule has 1 heterocycles. The number of esters is 1. The van der Waals surface area contributed by atoms with Crippen LogP contribution < -0.4 is 0 Å². The molecule has 0 aliphatic carbocycles. The van der Waals surface area contributed by atoms with Crippen molar-refractivity contribution in [2.75, 3.05) is 7.11 Å². The lowest BCUT2D eigenvalue weighted by Gasteiger charge is -1.99. The summed E-state index contributed by atoms with van der Waals surface area (Å²) in [5.74, 6) is -0.488. The number of halogens is 1. The van der Waals surface area contributed by atoms with Gasteiger partial charge in [-0.25, -0.2) is 4.79 Å². The fourth-order valence-corrected chi connectivity index (χ4v) is 1.29. The molecular weight excluding hydrogens is 168 g/mol. The highest BCUT2D eigenvalue weighted by Crippen LogP contribution is 2.44. The number of carbonyl (C=O) groups excluding carboxylic acids is 1. The van der Waals surface area contributed by atoms with Crippen LogP contribution in [0, 0.1) is 0 Å². The third-order valence-electron chi connectivity index (χ3n) is 1.69. The molecule has 0 radical (unpaired) electrons. The molecule has 0 aromatic rings. The van der Waals surface area contributed by atoms with E-state index in [1.54, 1.807) is 0 Å². The summed E-state index contributed by atoms with van der Waals surface area (Å²) in [4.78, 5) is 10.9. The Hall–Kier alpha value is -0.280. The van der Waals surface area contributed by atoms with Crippen LogP contribution in [-0.4, -0.2) is 24.2 Å². The Balaban J connectivity index is 2.42. The van der Waals surface area contributed by atoms with Gasteiger partial charge in [0.15, 0.2) is 0 Å². The van der Waals surface area contributed by atoms with Crippen LogP contribution in [0.25, 0.3) is 0 Å². The van der Waals surface area contributed by atoms with Crippen LogP contribution in [0.4, 0.5) is 0 Å². The van der Waals surface area contributed by atoms with E-state index >= 15 is 0 Å². The highest BCUT2D eigenvalue weighted by atomic mass is 35.5. The minimum absolute atomic E-state index is 0.151. The zero-order valence-corrected chi connectivity index (χ0v) is 7.35. The van der Waals surface area contributed by atoms with Crippen molar-refractivity contribution in [3.05, 3.63) is 0 Å². The lowest BCUT2D eigenvalue weighted by Crippen LogP contribution is -2.22. The summed E-state index contributed by atoms with van der Waals surface area (Å²) in [7, 11) is 1.30. The number of epoxide rings is 1. The Labute approximate surface area is 70.6 Å². The van der Waals surface area contributed by atoms with Gasteiger partial charge in [-0.05, 0) is 6.42 Å². The topological polar surface area (TPSA) is 38.8 Å². The molecule has 0 aromatic carbocycles. The second-order valence-electron chi connectivity index (χ2n) is 2.53. The van der Waals surface area contributed by atoms with E-state index in [4.69, 9.17) is 16.3 Å². The minimum atomic E-state index is -1.16. The van der Waals surface area contributed by atoms with Crippen LogP contribution in [0.3, 0.4) is 0 Å². The van der Waals surface area contributed by atoms with Crippen molar-refractivity contribution in [3.63, 3.8) is 0 Å². The molecule has 0 amide bonds. The van der Waals surface area contributed by atoms with E-state index in [2.05, 4.69) is 4.74 Å². The van der Waals surface area contributed by atoms with E-state index in [-0.39, 0.29) is 6.10 Å². The average Bonchev–Trinajstić information content (AvgIpc) is 2.63. The van der Waals surface area contributed by atoms with Gasteiger partial charge >= 0.3 is 5.97 Å². The smallest absolute Gasteiger partial charge is 0.356 e. The molecule has 1 rings (SSSR count). The molecule has 0 aromatic heterocycles. The van der Waals surface area contributed by atoms with Crippen molar-refractivity contribution in [3.8, 4) is 0 Å².